The lowest BCUT2D eigenvalue weighted by atomic mass is 10.5. The number of nitrogens with zero attached hydrogens (tertiary/aromatic N) is 1. The molecule has 1 unspecified atom stereocenters. The summed E-state index contributed by atoms with van der Waals surface area (Å²) in [6, 6.07) is 1.58. The summed E-state index contributed by atoms with van der Waals surface area (Å²) in [6.07, 6.45) is -0.610. The van der Waals surface area contributed by atoms with Gasteiger partial charge < -0.3 is 9.84 Å². The van der Waals surface area contributed by atoms with Gasteiger partial charge in [0.05, 0.1) is 6.07 Å². The van der Waals surface area contributed by atoms with Gasteiger partial charge in [0.1, 0.15) is 6.42 Å². The van der Waals surface area contributed by atoms with Crippen molar-refractivity contribution in [1.82, 2.24) is 0 Å². The molecule has 0 aromatic heterocycles. The first-order valence-electron chi connectivity index (χ1n) is 2.57. The number of esters is 1. The fraction of sp³-hybridized carbons (Fsp3) is 0.333. The molecule has 0 spiro atoms. The lowest BCUT2D eigenvalue weighted by Gasteiger charge is -2.03. The number of hydrogen-bond donors (Lipinski definition) is 1. The summed E-state index contributed by atoms with van der Waals surface area (Å²) in [7, 11) is 0. The lowest BCUT2D eigenvalue weighted by Crippen LogP contribution is -2.13. The number of ether oxygens (including phenoxy) is 1. The van der Waals surface area contributed by atoms with E-state index in [1.165, 1.54) is 0 Å². The summed E-state index contributed by atoms with van der Waals surface area (Å²) in [4.78, 5) is 10.4. The Bertz CT molecular complexity index is 170. The Kier molecular flexibility index (Phi) is 3.92. The molecule has 0 aromatic carbocycles. The monoisotopic (exact) mass is 141 g/mol. The molecule has 0 saturated carbocycles. The summed E-state index contributed by atoms with van der Waals surface area (Å²) in [5.74, 6) is -0.755. The molecule has 0 bridgehead atoms. The van der Waals surface area contributed by atoms with Gasteiger partial charge in [-0.15, -0.1) is 0 Å². The molecule has 0 aliphatic rings. The maximum atomic E-state index is 10.4. The molecule has 4 nitrogen and oxygen atoms in total. The van der Waals surface area contributed by atoms with Gasteiger partial charge in [-0.2, -0.15) is 5.26 Å². The quantitative estimate of drug-likeness (QED) is 0.340. The van der Waals surface area contributed by atoms with Gasteiger partial charge in [0.25, 0.3) is 0 Å². The van der Waals surface area contributed by atoms with Gasteiger partial charge in [0.15, 0.2) is 0 Å². The Morgan fingerprint density at radius 1 is 2.00 bits per heavy atom. The van der Waals surface area contributed by atoms with Crippen LogP contribution >= 0.6 is 0 Å². The summed E-state index contributed by atoms with van der Waals surface area (Å²) in [5, 5.41) is 16.5. The number of rotatable bonds is 3. The van der Waals surface area contributed by atoms with Crippen LogP contribution in [0.1, 0.15) is 6.42 Å². The van der Waals surface area contributed by atoms with E-state index in [1.807, 2.05) is 0 Å². The third-order valence-electron chi connectivity index (χ3n) is 0.677. The highest BCUT2D eigenvalue weighted by Crippen LogP contribution is 1.90. The summed E-state index contributed by atoms with van der Waals surface area (Å²) >= 11 is 0. The van der Waals surface area contributed by atoms with E-state index in [-0.39, 0.29) is 6.42 Å². The first-order chi connectivity index (χ1) is 4.70. The molecule has 0 rings (SSSR count). The van der Waals surface area contributed by atoms with Gasteiger partial charge in [0.2, 0.25) is 6.29 Å². The zero-order chi connectivity index (χ0) is 7.98. The van der Waals surface area contributed by atoms with Gasteiger partial charge in [0, 0.05) is 0 Å². The van der Waals surface area contributed by atoms with E-state index in [2.05, 4.69) is 11.3 Å². The number of aliphatic hydroxyl groups excluding tert-OH is 1. The highest BCUT2D eigenvalue weighted by atomic mass is 16.6. The number of carbonyl (C=O) groups excluding carboxylic acids is 1. The summed E-state index contributed by atoms with van der Waals surface area (Å²) in [5.41, 5.74) is 0. The van der Waals surface area contributed by atoms with Gasteiger partial charge in [-0.05, 0) is 6.08 Å². The van der Waals surface area contributed by atoms with Crippen molar-refractivity contribution in [2.75, 3.05) is 0 Å². The first kappa shape index (κ1) is 8.66. The maximum Gasteiger partial charge on any atom is 0.322 e. The fourth-order valence-corrected chi connectivity index (χ4v) is 0.289. The smallest absolute Gasteiger partial charge is 0.322 e. The molecule has 54 valence electrons. The number of carbonyl (C=O) groups is 1. The van der Waals surface area contributed by atoms with E-state index in [0.717, 1.165) is 6.08 Å². The molecule has 10 heavy (non-hydrogen) atoms. The normalized spacial score (nSPS) is 11.2. The zero-order valence-electron chi connectivity index (χ0n) is 5.28. The third kappa shape index (κ3) is 3.64. The molecule has 0 radical (unpaired) electrons. The van der Waals surface area contributed by atoms with Crippen molar-refractivity contribution < 1.29 is 14.6 Å². The highest BCUT2D eigenvalue weighted by Gasteiger charge is 2.05. The van der Waals surface area contributed by atoms with Crippen LogP contribution < -0.4 is 0 Å². The second kappa shape index (κ2) is 4.53. The van der Waals surface area contributed by atoms with Crippen molar-refractivity contribution in [3.8, 4) is 6.07 Å². The van der Waals surface area contributed by atoms with Crippen LogP contribution in [0, 0.1) is 11.3 Å². The van der Waals surface area contributed by atoms with E-state index >= 15 is 0 Å². The van der Waals surface area contributed by atoms with E-state index in [1.54, 1.807) is 6.07 Å². The van der Waals surface area contributed by atoms with Gasteiger partial charge in [-0.25, -0.2) is 0 Å². The van der Waals surface area contributed by atoms with Crippen molar-refractivity contribution in [3.63, 3.8) is 0 Å². The Morgan fingerprint density at radius 3 is 3.00 bits per heavy atom. The Labute approximate surface area is 58.3 Å². The van der Waals surface area contributed by atoms with Gasteiger partial charge in [-0.3, -0.25) is 4.79 Å². The minimum Gasteiger partial charge on any atom is -0.431 e. The molecule has 1 N–H and O–H groups in total. The zero-order valence-corrected chi connectivity index (χ0v) is 5.28. The van der Waals surface area contributed by atoms with E-state index in [0.29, 0.717) is 0 Å². The molecular formula is C6H7NO3. The number of nitriles is 1. The van der Waals surface area contributed by atoms with E-state index < -0.39 is 12.3 Å². The molecule has 0 fully saturated rings. The molecule has 0 aliphatic carbocycles. The number of aliphatic hydroxyl groups is 1. The van der Waals surface area contributed by atoms with Gasteiger partial charge >= 0.3 is 5.97 Å². The first-order valence-corrected chi connectivity index (χ1v) is 2.57. The van der Waals surface area contributed by atoms with E-state index in [9.17, 15) is 4.79 Å². The summed E-state index contributed by atoms with van der Waals surface area (Å²) < 4.78 is 4.22. The largest absolute Gasteiger partial charge is 0.431 e. The summed E-state index contributed by atoms with van der Waals surface area (Å²) in [6.45, 7) is 3.16. The Balaban J connectivity index is 3.59. The standard InChI is InChI=1S/C6H7NO3/c1-2-5(8)10-6(9)3-4-7/h2,5,8H,1,3H2. The average Bonchev–Trinajstić information content (AvgIpc) is 1.88. The van der Waals surface area contributed by atoms with Crippen LogP contribution in [0.3, 0.4) is 0 Å². The predicted molar refractivity (Wildman–Crippen MR) is 32.5 cm³/mol. The van der Waals surface area contributed by atoms with Crippen LogP contribution in [0.5, 0.6) is 0 Å². The third-order valence-corrected chi connectivity index (χ3v) is 0.677. The average molecular weight is 141 g/mol. The highest BCUT2D eigenvalue weighted by molar-refractivity contribution is 5.71. The molecule has 0 heterocycles. The molecule has 0 aromatic rings. The van der Waals surface area contributed by atoms with Crippen molar-refractivity contribution in [1.29, 1.82) is 5.26 Å². The van der Waals surface area contributed by atoms with Crippen LogP contribution in [0.25, 0.3) is 0 Å². The topological polar surface area (TPSA) is 70.3 Å². The fourth-order valence-electron chi connectivity index (χ4n) is 0.289. The minimum atomic E-state index is -1.30. The lowest BCUT2D eigenvalue weighted by molar-refractivity contribution is -0.159. The van der Waals surface area contributed by atoms with Crippen LogP contribution in [-0.4, -0.2) is 17.4 Å². The van der Waals surface area contributed by atoms with Crippen molar-refractivity contribution in [3.05, 3.63) is 12.7 Å². The molecule has 0 amide bonds. The van der Waals surface area contributed by atoms with Crippen molar-refractivity contribution >= 4 is 5.97 Å². The molecule has 0 saturated heterocycles. The van der Waals surface area contributed by atoms with Crippen LogP contribution in [0.15, 0.2) is 12.7 Å². The van der Waals surface area contributed by atoms with Crippen LogP contribution in [0.2, 0.25) is 0 Å². The van der Waals surface area contributed by atoms with E-state index in [4.69, 9.17) is 10.4 Å². The molecule has 1 atom stereocenters. The van der Waals surface area contributed by atoms with Crippen LogP contribution in [0.4, 0.5) is 0 Å². The SMILES string of the molecule is C=CC(O)OC(=O)CC#N. The Morgan fingerprint density at radius 2 is 2.60 bits per heavy atom. The molecule has 0 aliphatic heterocycles. The Hall–Kier alpha value is -1.34. The molecule has 4 heteroatoms. The molecular weight excluding hydrogens is 134 g/mol. The predicted octanol–water partition coefficient (Wildman–Crippen LogP) is -0.0523. The second-order valence-electron chi connectivity index (χ2n) is 1.45. The van der Waals surface area contributed by atoms with Crippen molar-refractivity contribution in [2.24, 2.45) is 0 Å². The van der Waals surface area contributed by atoms with Crippen LogP contribution in [-0.2, 0) is 9.53 Å². The minimum absolute atomic E-state index is 0.356. The maximum absolute atomic E-state index is 10.4. The number of hydrogen-bond acceptors (Lipinski definition) is 4. The van der Waals surface area contributed by atoms with Crippen molar-refractivity contribution in [2.45, 2.75) is 12.7 Å². The van der Waals surface area contributed by atoms with Gasteiger partial charge in [-0.1, -0.05) is 6.58 Å². The second-order valence-corrected chi connectivity index (χ2v) is 1.45.